The van der Waals surface area contributed by atoms with Crippen molar-refractivity contribution in [2.24, 2.45) is 34.5 Å². The maximum absolute atomic E-state index is 12.5. The molecule has 8 N–H and O–H groups in total. The number of rotatable bonds is 7. The molecule has 0 radical (unpaired) electrons. The quantitative estimate of drug-likeness (QED) is 0.121. The highest BCUT2D eigenvalue weighted by Gasteiger charge is 2.68. The minimum Gasteiger partial charge on any atom is -0.458 e. The van der Waals surface area contributed by atoms with E-state index in [4.69, 9.17) is 23.7 Å². The molecule has 14 heteroatoms. The van der Waals surface area contributed by atoms with Gasteiger partial charge in [0.25, 0.3) is 0 Å². The number of carbonyl (C=O) groups excluding carboxylic acids is 1. The molecule has 0 aromatic carbocycles. The lowest BCUT2D eigenvalue weighted by Gasteiger charge is -2.64. The lowest BCUT2D eigenvalue weighted by molar-refractivity contribution is -0.360. The van der Waals surface area contributed by atoms with Gasteiger partial charge in [-0.2, -0.15) is 0 Å². The van der Waals surface area contributed by atoms with E-state index in [1.54, 1.807) is 13.0 Å². The van der Waals surface area contributed by atoms with Crippen LogP contribution in [0.15, 0.2) is 11.6 Å². The minimum absolute atomic E-state index is 0.0184. The number of fused-ring (bicyclic) bond motifs is 5. The zero-order valence-corrected chi connectivity index (χ0v) is 28.3. The molecule has 1 unspecified atom stereocenters. The van der Waals surface area contributed by atoms with Crippen LogP contribution in [0.4, 0.5) is 0 Å². The molecule has 0 aromatic rings. The molecule has 0 aromatic heterocycles. The minimum atomic E-state index is -1.67. The van der Waals surface area contributed by atoms with E-state index in [0.717, 1.165) is 37.7 Å². The van der Waals surface area contributed by atoms with Gasteiger partial charge in [0.05, 0.1) is 24.4 Å². The van der Waals surface area contributed by atoms with E-state index in [2.05, 4.69) is 6.92 Å². The Morgan fingerprint density at radius 2 is 1.57 bits per heavy atom. The molecule has 3 heterocycles. The number of esters is 1. The third-order valence-corrected chi connectivity index (χ3v) is 14.2. The summed E-state index contributed by atoms with van der Waals surface area (Å²) in [6.45, 7) is 3.47. The zero-order chi connectivity index (χ0) is 35.0. The summed E-state index contributed by atoms with van der Waals surface area (Å²) in [5.74, 6) is 0.104. The highest BCUT2D eigenvalue weighted by molar-refractivity contribution is 5.85. The molecule has 3 aliphatic heterocycles. The Morgan fingerprint density at radius 1 is 0.837 bits per heavy atom. The fraction of sp³-hybridized carbons (Fsp3) is 0.914. The van der Waals surface area contributed by atoms with Gasteiger partial charge in [-0.15, -0.1) is 0 Å². The first kappa shape index (κ1) is 36.1. The lowest BCUT2D eigenvalue weighted by atomic mass is 9.43. The Kier molecular flexibility index (Phi) is 9.80. The van der Waals surface area contributed by atoms with Crippen molar-refractivity contribution in [3.8, 4) is 0 Å². The monoisotopic (exact) mass is 698 g/mol. The molecule has 7 aliphatic rings. The second-order valence-electron chi connectivity index (χ2n) is 16.2. The van der Waals surface area contributed by atoms with Crippen molar-refractivity contribution in [1.82, 2.24) is 0 Å². The normalized spacial score (nSPS) is 54.4. The predicted molar refractivity (Wildman–Crippen MR) is 167 cm³/mol. The Labute approximate surface area is 285 Å². The van der Waals surface area contributed by atoms with E-state index in [9.17, 15) is 45.6 Å². The largest absolute Gasteiger partial charge is 0.458 e. The third kappa shape index (κ3) is 5.64. The SMILES string of the molecule is C[C@@H]1O[C@@H](O[C@H]2CC[C@@]3(CO)C(CC[C@@H]4[C@@H]3CC[C@]3(C)[C@@H](C5=CC(=O)OC5)CC[C@]43O)C2)[C@H](O)[C@H](O)[C@H]1O[C@@H]1O[C@H](CO)[C@@H](O)[C@H](O)[C@H]1O. The van der Waals surface area contributed by atoms with Gasteiger partial charge in [-0.3, -0.25) is 0 Å². The van der Waals surface area contributed by atoms with Gasteiger partial charge in [-0.25, -0.2) is 4.79 Å². The first-order valence-electron chi connectivity index (χ1n) is 18.1. The number of carbonyl (C=O) groups is 1. The zero-order valence-electron chi connectivity index (χ0n) is 28.3. The van der Waals surface area contributed by atoms with E-state index < -0.39 is 73.6 Å². The molecular formula is C35H54O14. The van der Waals surface area contributed by atoms with Crippen LogP contribution < -0.4 is 0 Å². The van der Waals surface area contributed by atoms with Gasteiger partial charge in [0.1, 0.15) is 49.3 Å². The van der Waals surface area contributed by atoms with Crippen molar-refractivity contribution >= 4 is 5.97 Å². The maximum atomic E-state index is 12.5. The topological polar surface area (TPSA) is 225 Å². The lowest BCUT2D eigenvalue weighted by Crippen LogP contribution is -2.64. The first-order valence-corrected chi connectivity index (χ1v) is 18.1. The highest BCUT2D eigenvalue weighted by atomic mass is 16.7. The maximum Gasteiger partial charge on any atom is 0.331 e. The second-order valence-corrected chi connectivity index (χ2v) is 16.2. The van der Waals surface area contributed by atoms with Crippen LogP contribution in [0, 0.1) is 34.5 Å². The summed E-state index contributed by atoms with van der Waals surface area (Å²) < 4.78 is 28.7. The summed E-state index contributed by atoms with van der Waals surface area (Å²) in [5.41, 5.74) is -0.641. The van der Waals surface area contributed by atoms with Gasteiger partial charge in [-0.1, -0.05) is 6.92 Å². The van der Waals surface area contributed by atoms with E-state index in [1.807, 2.05) is 0 Å². The van der Waals surface area contributed by atoms with Gasteiger partial charge < -0.3 is 64.5 Å². The van der Waals surface area contributed by atoms with E-state index in [1.165, 1.54) is 0 Å². The molecule has 14 nitrogen and oxygen atoms in total. The van der Waals surface area contributed by atoms with Crippen LogP contribution in [0.2, 0.25) is 0 Å². The number of hydrogen-bond donors (Lipinski definition) is 8. The molecule has 2 saturated heterocycles. The van der Waals surface area contributed by atoms with Crippen molar-refractivity contribution in [3.05, 3.63) is 11.6 Å². The van der Waals surface area contributed by atoms with Gasteiger partial charge in [0.2, 0.25) is 0 Å². The van der Waals surface area contributed by atoms with Gasteiger partial charge in [0, 0.05) is 18.1 Å². The number of ether oxygens (including phenoxy) is 5. The summed E-state index contributed by atoms with van der Waals surface area (Å²) in [6.07, 6.45) is -5.76. The molecule has 0 bridgehead atoms. The highest BCUT2D eigenvalue weighted by Crippen LogP contribution is 2.70. The molecule has 7 rings (SSSR count). The van der Waals surface area contributed by atoms with E-state index in [-0.39, 0.29) is 53.2 Å². The second kappa shape index (κ2) is 13.3. The molecule has 18 atom stereocenters. The summed E-state index contributed by atoms with van der Waals surface area (Å²) in [5, 5.41) is 85.8. The van der Waals surface area contributed by atoms with Crippen LogP contribution in [0.5, 0.6) is 0 Å². The standard InChI is InChI=1S/C35H54O14/c1-16-30(49-32-28(42)26(40)25(39)23(13-36)48-32)27(41)29(43)31(46-16)47-19-5-9-34(15-37)18(12-19)3-4-22-21(34)6-8-33(2)20(7-10-35(22,33)44)17-11-24(38)45-14-17/h11,16,18-23,25-32,36-37,39-44H,3-10,12-15H2,1-2H3/t16-,18?,19-,20+,21-,22+,23+,25+,26-,27-,28+,29+,30-,31-,32-,33+,34+,35-/m0/s1. The van der Waals surface area contributed by atoms with Crippen molar-refractivity contribution in [1.29, 1.82) is 0 Å². The number of hydrogen-bond acceptors (Lipinski definition) is 14. The number of aliphatic hydroxyl groups is 8. The van der Waals surface area contributed by atoms with Crippen LogP contribution in [-0.4, -0.2) is 140 Å². The molecule has 49 heavy (non-hydrogen) atoms. The summed E-state index contributed by atoms with van der Waals surface area (Å²) in [6, 6.07) is 0. The van der Waals surface area contributed by atoms with Gasteiger partial charge in [0.15, 0.2) is 12.6 Å². The van der Waals surface area contributed by atoms with Gasteiger partial charge in [-0.05, 0) is 99.4 Å². The van der Waals surface area contributed by atoms with Crippen molar-refractivity contribution in [2.45, 2.75) is 145 Å². The van der Waals surface area contributed by atoms with E-state index in [0.29, 0.717) is 32.3 Å². The van der Waals surface area contributed by atoms with Crippen LogP contribution in [0.3, 0.4) is 0 Å². The van der Waals surface area contributed by atoms with Crippen LogP contribution in [0.1, 0.15) is 71.6 Å². The molecule has 4 saturated carbocycles. The predicted octanol–water partition coefficient (Wildman–Crippen LogP) is -0.747. The molecule has 0 spiro atoms. The third-order valence-electron chi connectivity index (χ3n) is 14.2. The van der Waals surface area contributed by atoms with Crippen molar-refractivity contribution in [3.63, 3.8) is 0 Å². The fourth-order valence-electron chi connectivity index (χ4n) is 11.4. The van der Waals surface area contributed by atoms with Crippen molar-refractivity contribution < 1.29 is 69.3 Å². The molecule has 278 valence electrons. The molecule has 0 amide bonds. The smallest absolute Gasteiger partial charge is 0.331 e. The number of aliphatic hydroxyl groups excluding tert-OH is 7. The Balaban J connectivity index is 0.995. The molecule has 4 aliphatic carbocycles. The van der Waals surface area contributed by atoms with Crippen LogP contribution in [0.25, 0.3) is 0 Å². The average Bonchev–Trinajstić information content (AvgIpc) is 3.64. The van der Waals surface area contributed by atoms with E-state index >= 15 is 0 Å². The average molecular weight is 699 g/mol. The summed E-state index contributed by atoms with van der Waals surface area (Å²) in [4.78, 5) is 11.9. The van der Waals surface area contributed by atoms with Crippen LogP contribution >= 0.6 is 0 Å². The van der Waals surface area contributed by atoms with Gasteiger partial charge >= 0.3 is 5.97 Å². The summed E-state index contributed by atoms with van der Waals surface area (Å²) in [7, 11) is 0. The molecular weight excluding hydrogens is 644 g/mol. The Morgan fingerprint density at radius 3 is 2.27 bits per heavy atom. The Bertz CT molecular complexity index is 1260. The van der Waals surface area contributed by atoms with Crippen LogP contribution in [-0.2, 0) is 28.5 Å². The number of cyclic esters (lactones) is 1. The molecule has 6 fully saturated rings. The summed E-state index contributed by atoms with van der Waals surface area (Å²) >= 11 is 0. The fourth-order valence-corrected chi connectivity index (χ4v) is 11.4. The first-order chi connectivity index (χ1) is 23.3. The van der Waals surface area contributed by atoms with Crippen molar-refractivity contribution in [2.75, 3.05) is 19.8 Å². The Hall–Kier alpha value is -1.27.